The van der Waals surface area contributed by atoms with Crippen molar-refractivity contribution < 1.29 is 13.9 Å². The molecule has 2 aromatic carbocycles. The molecule has 2 aliphatic heterocycles. The molecule has 6 rings (SSSR count). The monoisotopic (exact) mass is 712 g/mol. The number of likely N-dealkylation sites (N-methyl/N-ethyl adjacent to an activating group) is 1. The van der Waals surface area contributed by atoms with E-state index in [1.165, 1.54) is 29.2 Å². The van der Waals surface area contributed by atoms with Crippen LogP contribution in [-0.4, -0.2) is 108 Å². The minimum atomic E-state index is -0.486. The molecule has 2 aliphatic rings. The molecule has 250 valence electrons. The van der Waals surface area contributed by atoms with Crippen molar-refractivity contribution in [1.82, 2.24) is 34.4 Å². The van der Waals surface area contributed by atoms with E-state index in [0.717, 1.165) is 30.4 Å². The number of nitrogens with zero attached hydrogens (tertiary/aromatic N) is 8. The molecule has 48 heavy (non-hydrogen) atoms. The van der Waals surface area contributed by atoms with Gasteiger partial charge in [-0.25, -0.2) is 0 Å². The molecule has 4 aromatic rings. The summed E-state index contributed by atoms with van der Waals surface area (Å²) in [5.41, 5.74) is 1.03. The van der Waals surface area contributed by atoms with Crippen molar-refractivity contribution in [2.24, 2.45) is 0 Å². The molecule has 2 saturated heterocycles. The molecule has 2 aromatic heterocycles. The fraction of sp³-hybridized carbons (Fsp3) is 0.417. The summed E-state index contributed by atoms with van der Waals surface area (Å²) in [6.07, 6.45) is 4.82. The van der Waals surface area contributed by atoms with E-state index in [1.54, 1.807) is 17.0 Å². The number of carbonyl (C=O) groups excluding carboxylic acids is 1. The first-order valence-corrected chi connectivity index (χ1v) is 17.6. The average Bonchev–Trinajstić information content (AvgIpc) is 3.46. The Morgan fingerprint density at radius 2 is 1.85 bits per heavy atom. The van der Waals surface area contributed by atoms with Crippen LogP contribution in [0.1, 0.15) is 46.6 Å². The number of benzene rings is 2. The molecule has 12 heteroatoms. The zero-order valence-electron chi connectivity index (χ0n) is 28.1. The van der Waals surface area contributed by atoms with Gasteiger partial charge in [0.1, 0.15) is 0 Å². The third kappa shape index (κ3) is 6.75. The number of rotatable bonds is 7. The molecule has 0 spiro atoms. The molecule has 2 fully saturated rings. The van der Waals surface area contributed by atoms with Gasteiger partial charge in [-0.1, -0.05) is 0 Å². The Balaban J connectivity index is 1.27. The van der Waals surface area contributed by atoms with E-state index in [2.05, 4.69) is 60.6 Å². The summed E-state index contributed by atoms with van der Waals surface area (Å²) in [5, 5.41) is 15.8. The number of aromatic nitrogens is 4. The molecule has 0 radical (unpaired) electrons. The summed E-state index contributed by atoms with van der Waals surface area (Å²) >= 11 is 1.30. The average molecular weight is 713 g/mol. The van der Waals surface area contributed by atoms with Crippen LogP contribution in [0, 0.1) is 17.1 Å². The predicted molar refractivity (Wildman–Crippen MR) is 186 cm³/mol. The van der Waals surface area contributed by atoms with Crippen molar-refractivity contribution in [2.45, 2.75) is 64.2 Å². The zero-order valence-corrected chi connectivity index (χ0v) is 30.5. The van der Waals surface area contributed by atoms with E-state index >= 15 is 4.39 Å². The summed E-state index contributed by atoms with van der Waals surface area (Å²) in [5.74, 6) is 0.243. The van der Waals surface area contributed by atoms with Crippen LogP contribution in [-0.2, 0) is 4.79 Å². The van der Waals surface area contributed by atoms with E-state index in [4.69, 9.17) is 9.84 Å². The van der Waals surface area contributed by atoms with Gasteiger partial charge in [0.25, 0.3) is 0 Å². The summed E-state index contributed by atoms with van der Waals surface area (Å²) in [7, 11) is 2.13. The number of nitriles is 1. The number of carbonyl (C=O) groups is 1. The van der Waals surface area contributed by atoms with Crippen LogP contribution in [0.5, 0.6) is 11.5 Å². The predicted octanol–water partition coefficient (Wildman–Crippen LogP) is 4.10. The number of amides is 1. The van der Waals surface area contributed by atoms with Crippen LogP contribution in [0.3, 0.4) is 0 Å². The van der Waals surface area contributed by atoms with E-state index in [9.17, 15) is 10.1 Å². The number of fused-ring (bicyclic) bond motifs is 1. The Morgan fingerprint density at radius 3 is 2.58 bits per heavy atom. The molecule has 0 aliphatic carbocycles. The van der Waals surface area contributed by atoms with Crippen molar-refractivity contribution >= 4 is 38.3 Å². The molecular formula is C36H42AsFN8O2. The van der Waals surface area contributed by atoms with E-state index in [0.29, 0.717) is 52.9 Å². The molecule has 4 heterocycles. The van der Waals surface area contributed by atoms with Gasteiger partial charge in [0.15, 0.2) is 0 Å². The number of ether oxygens (including phenoxy) is 1. The molecule has 0 bridgehead atoms. The third-order valence-corrected chi connectivity index (χ3v) is 10.5. The summed E-state index contributed by atoms with van der Waals surface area (Å²) in [4.78, 5) is 29.4. The van der Waals surface area contributed by atoms with Crippen molar-refractivity contribution in [1.29, 1.82) is 5.26 Å². The van der Waals surface area contributed by atoms with Gasteiger partial charge in [0.05, 0.1) is 0 Å². The second-order valence-corrected chi connectivity index (χ2v) is 14.6. The van der Waals surface area contributed by atoms with Gasteiger partial charge in [-0.3, -0.25) is 0 Å². The first-order valence-electron chi connectivity index (χ1n) is 16.4. The summed E-state index contributed by atoms with van der Waals surface area (Å²) in [6.45, 7) is 11.2. The zero-order chi connectivity index (χ0) is 34.2. The normalized spacial score (nSPS) is 21.3. The van der Waals surface area contributed by atoms with Gasteiger partial charge < -0.3 is 4.90 Å². The van der Waals surface area contributed by atoms with Crippen molar-refractivity contribution in [3.05, 3.63) is 72.3 Å². The quantitative estimate of drug-likeness (QED) is 0.161. The van der Waals surface area contributed by atoms with Crippen LogP contribution in [0.15, 0.2) is 66.5 Å². The number of hydrogen-bond acceptors (Lipinski definition) is 8. The van der Waals surface area contributed by atoms with Gasteiger partial charge in [-0.2, -0.15) is 0 Å². The van der Waals surface area contributed by atoms with Gasteiger partial charge in [-0.15, -0.1) is 0 Å². The Morgan fingerprint density at radius 1 is 1.08 bits per heavy atom. The number of halogens is 1. The second-order valence-electron chi connectivity index (χ2n) is 13.5. The third-order valence-electron chi connectivity index (χ3n) is 9.61. The van der Waals surface area contributed by atoms with E-state index in [1.807, 2.05) is 41.1 Å². The molecule has 2 unspecified atom stereocenters. The van der Waals surface area contributed by atoms with Gasteiger partial charge in [-0.05, 0) is 20.9 Å². The molecule has 1 amide bonds. The molecule has 10 nitrogen and oxygen atoms in total. The number of para-hydroxylation sites is 1. The first kappa shape index (κ1) is 33.8. The first-order chi connectivity index (χ1) is 23.0. The van der Waals surface area contributed by atoms with Crippen LogP contribution in [0.2, 0.25) is 0 Å². The molecular weight excluding hydrogens is 670 g/mol. The maximum atomic E-state index is 15.7. The fourth-order valence-corrected chi connectivity index (χ4v) is 7.70. The Labute approximate surface area is 289 Å². The second kappa shape index (κ2) is 13.8. The molecule has 0 saturated carbocycles. The van der Waals surface area contributed by atoms with Crippen molar-refractivity contribution in [3.63, 3.8) is 0 Å². The maximum absolute atomic E-state index is 15.7. The Hall–Kier alpha value is -4.10. The minimum absolute atomic E-state index is 0.145. The van der Waals surface area contributed by atoms with Crippen LogP contribution >= 0.6 is 0 Å². The van der Waals surface area contributed by atoms with Gasteiger partial charge in [0.2, 0.25) is 0 Å². The molecule has 0 N–H and O–H groups in total. The topological polar surface area (TPSA) is 103 Å². The van der Waals surface area contributed by atoms with Crippen LogP contribution in [0.4, 0.5) is 4.39 Å². The van der Waals surface area contributed by atoms with Gasteiger partial charge in [0, 0.05) is 25.2 Å². The van der Waals surface area contributed by atoms with Crippen molar-refractivity contribution in [3.8, 4) is 28.8 Å². The summed E-state index contributed by atoms with van der Waals surface area (Å²) < 4.78 is 24.1. The molecule has 4 atom stereocenters. The Kier molecular flexibility index (Phi) is 9.71. The number of likely N-dealkylation sites (tertiary alicyclic amines) is 1. The van der Waals surface area contributed by atoms with E-state index in [-0.39, 0.29) is 23.6 Å². The fourth-order valence-electron chi connectivity index (χ4n) is 7.00. The van der Waals surface area contributed by atoms with E-state index < -0.39 is 11.4 Å². The summed E-state index contributed by atoms with van der Waals surface area (Å²) in [6, 6.07) is 16.6. The number of piperidine rings is 1. The number of piperazine rings is 1. The number of hydrogen-bond donors (Lipinski definition) is 0. The SMILES string of the molecule is C[C@@H]1CN(C)[C@@H](C)CN1C(C)(C)C=C(C#N)C(=O)N1CCCC(n2nc(-c3ccc(Oc4ccccc4)cc3F)c3c([AsH2])ncnc32)C1. The van der Waals surface area contributed by atoms with Crippen LogP contribution in [0.25, 0.3) is 22.3 Å². The van der Waals surface area contributed by atoms with Crippen LogP contribution < -0.4 is 9.22 Å². The Bertz CT molecular complexity index is 1890. The van der Waals surface area contributed by atoms with Gasteiger partial charge >= 0.3 is 240 Å². The van der Waals surface area contributed by atoms with Crippen molar-refractivity contribution in [2.75, 3.05) is 33.2 Å². The standard InChI is InChI=1S/C36H42AsFN8O2/c1-23-20-45(24(2)19-43(23)5)36(3,4)17-25(18-39)35(47)44-15-9-10-26(21-44)46-34-31(33(37)40-22-41-34)32(42-46)29-14-13-28(16-30(29)38)48-27-11-7-6-8-12-27/h6-8,11-14,16-17,22-24,26H,9-10,15,19-21,37H2,1-5H3/t23-,24+,26?/m0/s1.